The molecule has 5 amide bonds. The minimum Gasteiger partial charge on any atom is -0.352 e. The number of rotatable bonds is 5. The molecule has 0 aliphatic carbocycles. The minimum atomic E-state index is -1.03. The number of amides is 5. The number of piperidine rings is 1. The first kappa shape index (κ1) is 18.9. The lowest BCUT2D eigenvalue weighted by Gasteiger charge is -2.27. The van der Waals surface area contributed by atoms with Gasteiger partial charge in [0.15, 0.2) is 0 Å². The van der Waals surface area contributed by atoms with E-state index in [2.05, 4.69) is 15.6 Å². The number of nitrogens with zero attached hydrogens (tertiary/aromatic N) is 2. The third-order valence-electron chi connectivity index (χ3n) is 4.85. The van der Waals surface area contributed by atoms with Crippen molar-refractivity contribution < 1.29 is 24.0 Å². The number of benzene rings is 1. The van der Waals surface area contributed by atoms with E-state index in [-0.39, 0.29) is 35.4 Å². The Morgan fingerprint density at radius 3 is 2.72 bits per heavy atom. The zero-order chi connectivity index (χ0) is 20.5. The predicted molar refractivity (Wildman–Crippen MR) is 101 cm³/mol. The number of fused-ring (bicyclic) bond motifs is 1. The first-order valence-electron chi connectivity index (χ1n) is 8.96. The molecule has 3 heterocycles. The van der Waals surface area contributed by atoms with Crippen molar-refractivity contribution in [3.8, 4) is 0 Å². The number of thiazole rings is 1. The van der Waals surface area contributed by atoms with E-state index in [0.717, 1.165) is 10.6 Å². The van der Waals surface area contributed by atoms with Crippen molar-refractivity contribution in [3.63, 3.8) is 0 Å². The summed E-state index contributed by atoms with van der Waals surface area (Å²) >= 11 is 1.48. The summed E-state index contributed by atoms with van der Waals surface area (Å²) in [5.41, 5.74) is 3.05. The van der Waals surface area contributed by atoms with Crippen molar-refractivity contribution >= 4 is 40.9 Å². The molecule has 2 aliphatic heterocycles. The van der Waals surface area contributed by atoms with Crippen molar-refractivity contribution in [2.45, 2.75) is 25.3 Å². The lowest BCUT2D eigenvalue weighted by atomic mass is 10.0. The summed E-state index contributed by atoms with van der Waals surface area (Å²) in [7, 11) is 0. The summed E-state index contributed by atoms with van der Waals surface area (Å²) in [5, 5.41) is 6.80. The second-order valence-corrected chi connectivity index (χ2v) is 7.41. The highest BCUT2D eigenvalue weighted by Crippen LogP contribution is 2.28. The maximum absolute atomic E-state index is 12.8. The second-order valence-electron chi connectivity index (χ2n) is 6.69. The average Bonchev–Trinajstić information content (AvgIpc) is 3.30. The summed E-state index contributed by atoms with van der Waals surface area (Å²) in [6, 6.07) is 3.21. The van der Waals surface area contributed by atoms with Crippen molar-refractivity contribution in [2.75, 3.05) is 6.54 Å². The molecule has 1 aromatic heterocycles. The topological polar surface area (TPSA) is 126 Å². The van der Waals surface area contributed by atoms with Gasteiger partial charge in [-0.15, -0.1) is 11.3 Å². The fourth-order valence-corrected chi connectivity index (χ4v) is 3.97. The number of carbonyl (C=O) groups excluding carboxylic acids is 5. The summed E-state index contributed by atoms with van der Waals surface area (Å²) < 4.78 is 0. The number of nitrogens with one attached hydrogen (secondary N) is 2. The van der Waals surface area contributed by atoms with Crippen molar-refractivity contribution in [1.29, 1.82) is 0 Å². The molecule has 1 unspecified atom stereocenters. The third-order valence-corrected chi connectivity index (χ3v) is 5.49. The van der Waals surface area contributed by atoms with Crippen LogP contribution in [0.3, 0.4) is 0 Å². The van der Waals surface area contributed by atoms with Crippen LogP contribution in [-0.4, -0.2) is 52.0 Å². The number of hydrogen-bond acceptors (Lipinski definition) is 7. The van der Waals surface area contributed by atoms with Crippen molar-refractivity contribution in [3.05, 3.63) is 51.5 Å². The molecule has 4 rings (SSSR count). The number of hydrogen-bond donors (Lipinski definition) is 2. The molecule has 1 atom stereocenters. The standard InChI is InChI=1S/C19H16N4O5S/c24-15-4-3-14(17(26)22-15)23-18(27)12-2-1-10(7-13(12)19(23)28)16(25)20-6-5-11-8-29-9-21-11/h1-2,7-9,14H,3-6H2,(H,20,25)(H,22,24,26). The van der Waals surface area contributed by atoms with Gasteiger partial charge in [-0.2, -0.15) is 0 Å². The molecule has 1 fully saturated rings. The monoisotopic (exact) mass is 412 g/mol. The van der Waals surface area contributed by atoms with Crippen LogP contribution in [0.5, 0.6) is 0 Å². The molecule has 29 heavy (non-hydrogen) atoms. The van der Waals surface area contributed by atoms with Crippen LogP contribution < -0.4 is 10.6 Å². The number of aromatic nitrogens is 1. The lowest BCUT2D eigenvalue weighted by molar-refractivity contribution is -0.136. The van der Waals surface area contributed by atoms with Gasteiger partial charge in [-0.05, 0) is 24.6 Å². The van der Waals surface area contributed by atoms with Crippen LogP contribution in [0.1, 0.15) is 49.6 Å². The molecule has 1 aromatic carbocycles. The van der Waals surface area contributed by atoms with Crippen molar-refractivity contribution in [2.24, 2.45) is 0 Å². The zero-order valence-electron chi connectivity index (χ0n) is 15.1. The van der Waals surface area contributed by atoms with Crippen LogP contribution in [0.15, 0.2) is 29.1 Å². The Labute approximate surface area is 169 Å². The van der Waals surface area contributed by atoms with E-state index in [0.29, 0.717) is 13.0 Å². The van der Waals surface area contributed by atoms with Gasteiger partial charge in [0.2, 0.25) is 11.8 Å². The van der Waals surface area contributed by atoms with E-state index in [1.807, 2.05) is 5.38 Å². The Morgan fingerprint density at radius 1 is 1.21 bits per heavy atom. The van der Waals surface area contributed by atoms with E-state index in [9.17, 15) is 24.0 Å². The van der Waals surface area contributed by atoms with Gasteiger partial charge in [0.05, 0.1) is 22.3 Å². The van der Waals surface area contributed by atoms with Crippen LogP contribution in [0.2, 0.25) is 0 Å². The van der Waals surface area contributed by atoms with Gasteiger partial charge in [0.25, 0.3) is 17.7 Å². The van der Waals surface area contributed by atoms with Gasteiger partial charge >= 0.3 is 0 Å². The maximum Gasteiger partial charge on any atom is 0.262 e. The second kappa shape index (κ2) is 7.55. The molecule has 9 nitrogen and oxygen atoms in total. The van der Waals surface area contributed by atoms with Gasteiger partial charge in [0.1, 0.15) is 6.04 Å². The van der Waals surface area contributed by atoms with Gasteiger partial charge in [-0.25, -0.2) is 4.98 Å². The van der Waals surface area contributed by atoms with Crippen LogP contribution in [0, 0.1) is 0 Å². The molecule has 0 spiro atoms. The van der Waals surface area contributed by atoms with E-state index in [4.69, 9.17) is 0 Å². The van der Waals surface area contributed by atoms with Crippen LogP contribution in [0.4, 0.5) is 0 Å². The fourth-order valence-electron chi connectivity index (χ4n) is 3.38. The normalized spacial score (nSPS) is 18.6. The fraction of sp³-hybridized carbons (Fsp3) is 0.263. The molecule has 1 saturated heterocycles. The Balaban J connectivity index is 1.48. The van der Waals surface area contributed by atoms with E-state index < -0.39 is 29.7 Å². The lowest BCUT2D eigenvalue weighted by Crippen LogP contribution is -2.54. The molecule has 148 valence electrons. The van der Waals surface area contributed by atoms with Gasteiger partial charge < -0.3 is 5.32 Å². The quantitative estimate of drug-likeness (QED) is 0.690. The highest BCUT2D eigenvalue weighted by molar-refractivity contribution is 7.07. The molecule has 10 heteroatoms. The Morgan fingerprint density at radius 2 is 2.00 bits per heavy atom. The Kier molecular flexibility index (Phi) is 4.93. The molecule has 0 saturated carbocycles. The smallest absolute Gasteiger partial charge is 0.262 e. The molecular weight excluding hydrogens is 396 g/mol. The summed E-state index contributed by atoms with van der Waals surface area (Å²) in [5.74, 6) is -2.72. The number of imide groups is 2. The highest BCUT2D eigenvalue weighted by atomic mass is 32.1. The third kappa shape index (κ3) is 3.54. The van der Waals surface area contributed by atoms with Crippen molar-refractivity contribution in [1.82, 2.24) is 20.5 Å². The SMILES string of the molecule is O=C1CCC(N2C(=O)c3ccc(C(=O)NCCc4cscn4)cc3C2=O)C(=O)N1. The minimum absolute atomic E-state index is 0.0520. The van der Waals surface area contributed by atoms with Crippen LogP contribution in [-0.2, 0) is 16.0 Å². The summed E-state index contributed by atoms with van der Waals surface area (Å²) in [6.07, 6.45) is 0.720. The van der Waals surface area contributed by atoms with Crippen LogP contribution in [0.25, 0.3) is 0 Å². The largest absolute Gasteiger partial charge is 0.352 e. The maximum atomic E-state index is 12.8. The molecule has 0 radical (unpaired) electrons. The molecule has 0 bridgehead atoms. The Hall–Kier alpha value is -3.40. The molecule has 2 N–H and O–H groups in total. The highest BCUT2D eigenvalue weighted by Gasteiger charge is 2.44. The molecule has 2 aromatic rings. The number of carbonyl (C=O) groups is 5. The zero-order valence-corrected chi connectivity index (χ0v) is 16.0. The van der Waals surface area contributed by atoms with E-state index >= 15 is 0 Å². The molecular formula is C19H16N4O5S. The van der Waals surface area contributed by atoms with Crippen LogP contribution >= 0.6 is 11.3 Å². The average molecular weight is 412 g/mol. The van der Waals surface area contributed by atoms with Gasteiger partial charge in [-0.3, -0.25) is 34.2 Å². The van der Waals surface area contributed by atoms with Gasteiger partial charge in [-0.1, -0.05) is 0 Å². The van der Waals surface area contributed by atoms with E-state index in [1.54, 1.807) is 5.51 Å². The predicted octanol–water partition coefficient (Wildman–Crippen LogP) is 0.517. The first-order chi connectivity index (χ1) is 14.0. The summed E-state index contributed by atoms with van der Waals surface area (Å²) in [4.78, 5) is 66.2. The van der Waals surface area contributed by atoms with Gasteiger partial charge in [0, 0.05) is 30.3 Å². The molecule has 2 aliphatic rings. The summed E-state index contributed by atoms with van der Waals surface area (Å²) in [6.45, 7) is 0.384. The van der Waals surface area contributed by atoms with E-state index in [1.165, 1.54) is 29.5 Å². The first-order valence-corrected chi connectivity index (χ1v) is 9.91. The Bertz CT molecular complexity index is 1030.